The van der Waals surface area contributed by atoms with E-state index in [2.05, 4.69) is 25.5 Å². The van der Waals surface area contributed by atoms with Crippen molar-refractivity contribution in [2.45, 2.75) is 58.9 Å². The van der Waals surface area contributed by atoms with Gasteiger partial charge in [0.2, 0.25) is 10.0 Å². The van der Waals surface area contributed by atoms with Crippen LogP contribution < -0.4 is 9.62 Å². The van der Waals surface area contributed by atoms with Crippen molar-refractivity contribution in [1.82, 2.24) is 4.72 Å². The molecule has 1 aromatic rings. The van der Waals surface area contributed by atoms with Gasteiger partial charge >= 0.3 is 0 Å². The predicted octanol–water partition coefficient (Wildman–Crippen LogP) is 1.20. The van der Waals surface area contributed by atoms with Crippen LogP contribution in [0, 0.1) is 34.6 Å². The molecule has 0 bridgehead atoms. The summed E-state index contributed by atoms with van der Waals surface area (Å²) >= 11 is 0. The number of sulfonamides is 1. The fraction of sp³-hybridized carbons (Fsp3) is 0.684. The Morgan fingerprint density at radius 3 is 1.84 bits per heavy atom. The van der Waals surface area contributed by atoms with Crippen molar-refractivity contribution in [1.29, 1.82) is 0 Å². The van der Waals surface area contributed by atoms with E-state index >= 15 is 0 Å². The molecule has 2 rings (SSSR count). The van der Waals surface area contributed by atoms with Gasteiger partial charge in [0, 0.05) is 0 Å². The number of ether oxygens (including phenoxy) is 1. The molecule has 142 valence electrons. The van der Waals surface area contributed by atoms with Crippen LogP contribution in [0.2, 0.25) is 0 Å². The summed E-state index contributed by atoms with van der Waals surface area (Å²) in [5.41, 5.74) is 4.82. The number of nitrogens with one attached hydrogen (secondary N) is 2. The third kappa shape index (κ3) is 4.08. The van der Waals surface area contributed by atoms with E-state index in [1.807, 2.05) is 27.7 Å². The molecule has 0 radical (unpaired) electrons. The topological polar surface area (TPSA) is 59.8 Å². The first-order valence-corrected chi connectivity index (χ1v) is 10.5. The van der Waals surface area contributed by atoms with Crippen molar-refractivity contribution < 1.29 is 18.1 Å². The Morgan fingerprint density at radius 1 is 0.920 bits per heavy atom. The Kier molecular flexibility index (Phi) is 5.99. The molecule has 0 unspecified atom stereocenters. The van der Waals surface area contributed by atoms with Gasteiger partial charge < -0.3 is 9.64 Å². The Hall–Kier alpha value is -0.950. The summed E-state index contributed by atoms with van der Waals surface area (Å²) in [7, 11) is -3.55. The number of hydrogen-bond donors (Lipinski definition) is 2. The van der Waals surface area contributed by atoms with E-state index < -0.39 is 10.0 Å². The normalized spacial score (nSPS) is 17.1. The van der Waals surface area contributed by atoms with Gasteiger partial charge in [-0.05, 0) is 76.3 Å². The molecule has 5 nitrogen and oxygen atoms in total. The first-order valence-electron chi connectivity index (χ1n) is 8.98. The van der Waals surface area contributed by atoms with Crippen molar-refractivity contribution >= 4 is 10.0 Å². The van der Waals surface area contributed by atoms with Crippen molar-refractivity contribution in [2.24, 2.45) is 0 Å². The Labute approximate surface area is 152 Å². The van der Waals surface area contributed by atoms with E-state index in [1.165, 1.54) is 10.5 Å². The third-order valence-corrected chi connectivity index (χ3v) is 7.63. The lowest BCUT2D eigenvalue weighted by atomic mass is 9.95. The van der Waals surface area contributed by atoms with E-state index in [0.717, 1.165) is 48.6 Å². The molecule has 0 atom stereocenters. The van der Waals surface area contributed by atoms with Crippen LogP contribution >= 0.6 is 0 Å². The lowest BCUT2D eigenvalue weighted by molar-refractivity contribution is -0.954. The minimum Gasteiger partial charge on any atom is -0.370 e. The summed E-state index contributed by atoms with van der Waals surface area (Å²) in [6, 6.07) is 0. The van der Waals surface area contributed by atoms with Gasteiger partial charge in [-0.2, -0.15) is 0 Å². The van der Waals surface area contributed by atoms with E-state index in [-0.39, 0.29) is 5.54 Å². The van der Waals surface area contributed by atoms with Gasteiger partial charge in [0.15, 0.2) is 0 Å². The fourth-order valence-corrected chi connectivity index (χ4v) is 5.44. The van der Waals surface area contributed by atoms with Gasteiger partial charge in [-0.15, -0.1) is 0 Å². The van der Waals surface area contributed by atoms with Crippen LogP contribution in [0.15, 0.2) is 4.90 Å². The predicted molar refractivity (Wildman–Crippen MR) is 101 cm³/mol. The highest BCUT2D eigenvalue weighted by molar-refractivity contribution is 7.89. The van der Waals surface area contributed by atoms with E-state index in [0.29, 0.717) is 11.4 Å². The zero-order chi connectivity index (χ0) is 19.0. The molecule has 6 heteroatoms. The summed E-state index contributed by atoms with van der Waals surface area (Å²) < 4.78 is 34.4. The number of hydrogen-bond acceptors (Lipinski definition) is 3. The minimum atomic E-state index is -3.55. The summed E-state index contributed by atoms with van der Waals surface area (Å²) in [5, 5.41) is 0. The molecule has 1 heterocycles. The maximum atomic E-state index is 13.1. The number of benzene rings is 1. The van der Waals surface area contributed by atoms with Crippen LogP contribution in [0.25, 0.3) is 0 Å². The Bertz CT molecular complexity index is 719. The monoisotopic (exact) mass is 369 g/mol. The lowest BCUT2D eigenvalue weighted by Crippen LogP contribution is -3.22. The Balaban J connectivity index is 2.28. The van der Waals surface area contributed by atoms with Crippen molar-refractivity contribution in [3.63, 3.8) is 0 Å². The molecule has 1 aromatic carbocycles. The van der Waals surface area contributed by atoms with Gasteiger partial charge in [0.25, 0.3) is 0 Å². The number of rotatable bonds is 5. The summed E-state index contributed by atoms with van der Waals surface area (Å²) in [6.07, 6.45) is 0. The van der Waals surface area contributed by atoms with Crippen molar-refractivity contribution in [3.05, 3.63) is 27.8 Å². The molecule has 0 saturated carbocycles. The van der Waals surface area contributed by atoms with Crippen LogP contribution in [-0.2, 0) is 14.8 Å². The molecular formula is C19H33N2O3S+. The molecule has 2 N–H and O–H groups in total. The molecule has 1 aliphatic heterocycles. The molecule has 1 fully saturated rings. The van der Waals surface area contributed by atoms with Gasteiger partial charge in [-0.25, -0.2) is 13.1 Å². The average Bonchev–Trinajstić information content (AvgIpc) is 2.57. The number of quaternary nitrogens is 1. The first-order chi connectivity index (χ1) is 11.5. The maximum Gasteiger partial charge on any atom is 0.241 e. The van der Waals surface area contributed by atoms with Gasteiger partial charge in [0.1, 0.15) is 18.6 Å². The summed E-state index contributed by atoms with van der Waals surface area (Å²) in [4.78, 5) is 1.83. The summed E-state index contributed by atoms with van der Waals surface area (Å²) in [6.45, 7) is 17.8. The highest BCUT2D eigenvalue weighted by Gasteiger charge is 2.34. The molecule has 0 spiro atoms. The molecule has 1 aliphatic rings. The average molecular weight is 370 g/mol. The standard InChI is InChI=1S/C19H32N2O3S/c1-13-14(2)16(4)18(17(5)15(13)3)25(22,23)20-12-19(6,7)21-8-10-24-11-9-21/h20H,8-12H2,1-7H3/p+1. The molecule has 0 aliphatic carbocycles. The van der Waals surface area contributed by atoms with Gasteiger partial charge in [-0.3, -0.25) is 0 Å². The maximum absolute atomic E-state index is 13.1. The smallest absolute Gasteiger partial charge is 0.241 e. The van der Waals surface area contributed by atoms with Crippen LogP contribution in [0.5, 0.6) is 0 Å². The van der Waals surface area contributed by atoms with Crippen LogP contribution in [-0.4, -0.2) is 46.8 Å². The quantitative estimate of drug-likeness (QED) is 0.820. The van der Waals surface area contributed by atoms with Crippen LogP contribution in [0.3, 0.4) is 0 Å². The highest BCUT2D eigenvalue weighted by atomic mass is 32.2. The molecule has 0 amide bonds. The first kappa shape index (κ1) is 20.4. The number of morpholine rings is 1. The zero-order valence-electron chi connectivity index (χ0n) is 16.7. The largest absolute Gasteiger partial charge is 0.370 e. The minimum absolute atomic E-state index is 0.173. The molecule has 1 saturated heterocycles. The Morgan fingerprint density at radius 2 is 1.36 bits per heavy atom. The SMILES string of the molecule is Cc1c(C)c(C)c(S(=O)(=O)NCC(C)(C)[NH+]2CCOCC2)c(C)c1C. The van der Waals surface area contributed by atoms with Gasteiger partial charge in [-0.1, -0.05) is 0 Å². The lowest BCUT2D eigenvalue weighted by Gasteiger charge is -2.37. The van der Waals surface area contributed by atoms with Gasteiger partial charge in [0.05, 0.1) is 24.7 Å². The second-order valence-corrected chi connectivity index (χ2v) is 9.58. The van der Waals surface area contributed by atoms with Crippen LogP contribution in [0.4, 0.5) is 0 Å². The third-order valence-electron chi connectivity index (χ3n) is 5.96. The van der Waals surface area contributed by atoms with E-state index in [1.54, 1.807) is 0 Å². The van der Waals surface area contributed by atoms with Crippen LogP contribution in [0.1, 0.15) is 41.7 Å². The zero-order valence-corrected chi connectivity index (χ0v) is 17.5. The van der Waals surface area contributed by atoms with Crippen molar-refractivity contribution in [3.8, 4) is 0 Å². The molecular weight excluding hydrogens is 336 g/mol. The molecule has 25 heavy (non-hydrogen) atoms. The van der Waals surface area contributed by atoms with Crippen molar-refractivity contribution in [2.75, 3.05) is 32.8 Å². The van der Waals surface area contributed by atoms with E-state index in [9.17, 15) is 8.42 Å². The fourth-order valence-electron chi connectivity index (χ4n) is 3.64. The van der Waals surface area contributed by atoms with E-state index in [4.69, 9.17) is 4.74 Å². The summed E-state index contributed by atoms with van der Waals surface area (Å²) in [5.74, 6) is 0. The molecule has 0 aromatic heterocycles. The second kappa shape index (κ2) is 7.35. The second-order valence-electron chi connectivity index (χ2n) is 7.88. The highest BCUT2D eigenvalue weighted by Crippen LogP contribution is 2.29.